The topological polar surface area (TPSA) is 107 Å². The molecule has 0 amide bonds. The Kier molecular flexibility index (Phi) is 4.08. The molecule has 1 heterocycles. The molecular formula is C9H9N3O3S. The summed E-state index contributed by atoms with van der Waals surface area (Å²) in [4.78, 5) is 28.1. The van der Waals surface area contributed by atoms with E-state index in [-0.39, 0.29) is 16.5 Å². The van der Waals surface area contributed by atoms with Gasteiger partial charge in [-0.15, -0.1) is 0 Å². The van der Waals surface area contributed by atoms with Crippen LogP contribution in [0.4, 0.5) is 0 Å². The summed E-state index contributed by atoms with van der Waals surface area (Å²) in [5, 5.41) is 17.4. The molecule has 84 valence electrons. The van der Waals surface area contributed by atoms with Gasteiger partial charge in [0, 0.05) is 0 Å². The largest absolute Gasteiger partial charge is 0.481 e. The zero-order valence-electron chi connectivity index (χ0n) is 8.48. The monoisotopic (exact) mass is 239 g/mol. The fourth-order valence-corrected chi connectivity index (χ4v) is 1.67. The molecule has 0 aliphatic heterocycles. The first-order valence-corrected chi connectivity index (χ1v) is 5.45. The maximum absolute atomic E-state index is 11.4. The van der Waals surface area contributed by atoms with Crippen LogP contribution in [0.5, 0.6) is 0 Å². The summed E-state index contributed by atoms with van der Waals surface area (Å²) in [5.41, 5.74) is -0.149. The predicted molar refractivity (Wildman–Crippen MR) is 57.3 cm³/mol. The fraction of sp³-hybridized carbons (Fsp3) is 0.333. The fourth-order valence-electron chi connectivity index (χ4n) is 1.07. The molecule has 1 aromatic heterocycles. The number of aromatic nitrogens is 2. The lowest BCUT2D eigenvalue weighted by atomic mass is 10.2. The number of aliphatic carboxylic acids is 1. The van der Waals surface area contributed by atoms with E-state index in [0.29, 0.717) is 12.1 Å². The van der Waals surface area contributed by atoms with Gasteiger partial charge in [0.25, 0.3) is 5.56 Å². The third kappa shape index (κ3) is 2.84. The Hall–Kier alpha value is -1.81. The number of aryl methyl sites for hydroxylation is 1. The molecule has 0 bridgehead atoms. The Balaban J connectivity index is 3.07. The van der Waals surface area contributed by atoms with E-state index in [4.69, 9.17) is 10.4 Å². The van der Waals surface area contributed by atoms with Gasteiger partial charge in [0.1, 0.15) is 11.6 Å². The molecule has 0 atom stereocenters. The van der Waals surface area contributed by atoms with Crippen LogP contribution < -0.4 is 5.56 Å². The van der Waals surface area contributed by atoms with E-state index in [1.54, 1.807) is 13.0 Å². The summed E-state index contributed by atoms with van der Waals surface area (Å²) >= 11 is 0.916. The number of nitrogens with one attached hydrogen (secondary N) is 1. The minimum Gasteiger partial charge on any atom is -0.481 e. The average molecular weight is 239 g/mol. The van der Waals surface area contributed by atoms with E-state index in [1.165, 1.54) is 0 Å². The van der Waals surface area contributed by atoms with Gasteiger partial charge in [-0.2, -0.15) is 5.26 Å². The van der Waals surface area contributed by atoms with Crippen LogP contribution in [0.15, 0.2) is 9.95 Å². The molecule has 0 aromatic carbocycles. The average Bonchev–Trinajstić information content (AvgIpc) is 2.25. The van der Waals surface area contributed by atoms with Crippen molar-refractivity contribution in [3.8, 4) is 6.07 Å². The highest BCUT2D eigenvalue weighted by Crippen LogP contribution is 2.12. The maximum Gasteiger partial charge on any atom is 0.313 e. The quantitative estimate of drug-likeness (QED) is 0.581. The Labute approximate surface area is 95.3 Å². The molecule has 0 unspecified atom stereocenters. The van der Waals surface area contributed by atoms with Gasteiger partial charge in [-0.1, -0.05) is 18.7 Å². The highest BCUT2D eigenvalue weighted by Gasteiger charge is 2.10. The minimum absolute atomic E-state index is 0.0119. The molecule has 0 saturated heterocycles. The first kappa shape index (κ1) is 12.3. The lowest BCUT2D eigenvalue weighted by Crippen LogP contribution is -2.16. The smallest absolute Gasteiger partial charge is 0.313 e. The number of nitriles is 1. The van der Waals surface area contributed by atoms with Crippen LogP contribution in [-0.4, -0.2) is 26.8 Å². The van der Waals surface area contributed by atoms with Crippen molar-refractivity contribution in [1.82, 2.24) is 9.97 Å². The maximum atomic E-state index is 11.4. The molecule has 1 rings (SSSR count). The van der Waals surface area contributed by atoms with Crippen molar-refractivity contribution in [1.29, 1.82) is 5.26 Å². The molecule has 0 fully saturated rings. The van der Waals surface area contributed by atoms with Gasteiger partial charge in [0.05, 0.1) is 11.4 Å². The van der Waals surface area contributed by atoms with Gasteiger partial charge in [0.15, 0.2) is 5.16 Å². The van der Waals surface area contributed by atoms with Gasteiger partial charge in [-0.05, 0) is 6.42 Å². The van der Waals surface area contributed by atoms with Crippen LogP contribution in [-0.2, 0) is 11.2 Å². The van der Waals surface area contributed by atoms with Crippen molar-refractivity contribution in [2.45, 2.75) is 18.5 Å². The first-order chi connectivity index (χ1) is 7.58. The van der Waals surface area contributed by atoms with Crippen LogP contribution >= 0.6 is 11.8 Å². The second kappa shape index (κ2) is 5.32. The van der Waals surface area contributed by atoms with Crippen LogP contribution in [0.25, 0.3) is 0 Å². The lowest BCUT2D eigenvalue weighted by Gasteiger charge is -2.02. The molecule has 0 aliphatic rings. The number of hydrogen-bond donors (Lipinski definition) is 2. The SMILES string of the molecule is CCc1nc(SCC(=O)O)[nH]c(=O)c1C#N. The van der Waals surface area contributed by atoms with Crippen molar-refractivity contribution < 1.29 is 9.90 Å². The van der Waals surface area contributed by atoms with Crippen LogP contribution in [0, 0.1) is 11.3 Å². The van der Waals surface area contributed by atoms with Gasteiger partial charge < -0.3 is 10.1 Å². The standard InChI is InChI=1S/C9H9N3O3S/c1-2-6-5(3-10)8(15)12-9(11-6)16-4-7(13)14/h2,4H2,1H3,(H,13,14)(H,11,12,15). The number of nitrogens with zero attached hydrogens (tertiary/aromatic N) is 2. The number of carboxylic acid groups (broad SMARTS) is 1. The number of aromatic amines is 1. The van der Waals surface area contributed by atoms with Gasteiger partial charge in [-0.25, -0.2) is 4.98 Å². The van der Waals surface area contributed by atoms with Gasteiger partial charge in [-0.3, -0.25) is 9.59 Å². The van der Waals surface area contributed by atoms with Crippen molar-refractivity contribution in [2.24, 2.45) is 0 Å². The molecule has 1 aromatic rings. The number of thioether (sulfide) groups is 1. The molecule has 2 N–H and O–H groups in total. The Morgan fingerprint density at radius 1 is 1.69 bits per heavy atom. The molecule has 0 radical (unpaired) electrons. The number of carbonyl (C=O) groups is 1. The third-order valence-corrected chi connectivity index (χ3v) is 2.61. The van der Waals surface area contributed by atoms with Gasteiger partial charge in [0.2, 0.25) is 0 Å². The van der Waals surface area contributed by atoms with E-state index < -0.39 is 11.5 Å². The van der Waals surface area contributed by atoms with Crippen LogP contribution in [0.2, 0.25) is 0 Å². The Bertz CT molecular complexity index is 504. The molecule has 6 nitrogen and oxygen atoms in total. The molecule has 0 spiro atoms. The summed E-state index contributed by atoms with van der Waals surface area (Å²) < 4.78 is 0. The van der Waals surface area contributed by atoms with E-state index >= 15 is 0 Å². The molecule has 16 heavy (non-hydrogen) atoms. The second-order valence-electron chi connectivity index (χ2n) is 2.84. The third-order valence-electron chi connectivity index (χ3n) is 1.75. The summed E-state index contributed by atoms with van der Waals surface area (Å²) in [6.07, 6.45) is 0.452. The molecule has 7 heteroatoms. The highest BCUT2D eigenvalue weighted by molar-refractivity contribution is 7.99. The van der Waals surface area contributed by atoms with Crippen molar-refractivity contribution in [3.63, 3.8) is 0 Å². The first-order valence-electron chi connectivity index (χ1n) is 4.46. The van der Waals surface area contributed by atoms with Gasteiger partial charge >= 0.3 is 5.97 Å². The summed E-state index contributed by atoms with van der Waals surface area (Å²) in [5.74, 6) is -1.17. The van der Waals surface area contributed by atoms with Crippen LogP contribution in [0.1, 0.15) is 18.2 Å². The molecular weight excluding hydrogens is 230 g/mol. The zero-order chi connectivity index (χ0) is 12.1. The summed E-state index contributed by atoms with van der Waals surface area (Å²) in [7, 11) is 0. The zero-order valence-corrected chi connectivity index (χ0v) is 9.30. The predicted octanol–water partition coefficient (Wildman–Crippen LogP) is 0.381. The normalized spacial score (nSPS) is 9.75. The minimum atomic E-state index is -0.991. The number of hydrogen-bond acceptors (Lipinski definition) is 5. The highest BCUT2D eigenvalue weighted by atomic mass is 32.2. The Morgan fingerprint density at radius 3 is 2.88 bits per heavy atom. The second-order valence-corrected chi connectivity index (χ2v) is 3.80. The number of carboxylic acids is 1. The summed E-state index contributed by atoms with van der Waals surface area (Å²) in [6.45, 7) is 1.77. The van der Waals surface area contributed by atoms with Crippen molar-refractivity contribution >= 4 is 17.7 Å². The van der Waals surface area contributed by atoms with E-state index in [2.05, 4.69) is 9.97 Å². The van der Waals surface area contributed by atoms with E-state index in [0.717, 1.165) is 11.8 Å². The lowest BCUT2D eigenvalue weighted by molar-refractivity contribution is -0.133. The van der Waals surface area contributed by atoms with E-state index in [9.17, 15) is 9.59 Å². The van der Waals surface area contributed by atoms with E-state index in [1.807, 2.05) is 0 Å². The molecule has 0 saturated carbocycles. The summed E-state index contributed by atoms with van der Waals surface area (Å²) in [6, 6.07) is 1.78. The number of rotatable bonds is 4. The van der Waals surface area contributed by atoms with Crippen molar-refractivity contribution in [2.75, 3.05) is 5.75 Å². The van der Waals surface area contributed by atoms with Crippen molar-refractivity contribution in [3.05, 3.63) is 21.6 Å². The van der Waals surface area contributed by atoms with Crippen LogP contribution in [0.3, 0.4) is 0 Å². The molecule has 0 aliphatic carbocycles. The Morgan fingerprint density at radius 2 is 2.38 bits per heavy atom. The number of H-pyrrole nitrogens is 1.